The van der Waals surface area contributed by atoms with Crippen molar-refractivity contribution in [2.45, 2.75) is 6.54 Å². The van der Waals surface area contributed by atoms with Crippen molar-refractivity contribution in [3.8, 4) is 22.9 Å². The fraction of sp³-hybridized carbons (Fsp3) is 0.200. The third-order valence-electron chi connectivity index (χ3n) is 4.11. The van der Waals surface area contributed by atoms with Crippen LogP contribution in [0.1, 0.15) is 15.9 Å². The van der Waals surface area contributed by atoms with E-state index < -0.39 is 0 Å². The molecule has 0 unspecified atom stereocenters. The lowest BCUT2D eigenvalue weighted by Gasteiger charge is -2.14. The predicted molar refractivity (Wildman–Crippen MR) is 101 cm³/mol. The third kappa shape index (κ3) is 4.03. The second-order valence-electron chi connectivity index (χ2n) is 5.73. The van der Waals surface area contributed by atoms with Crippen molar-refractivity contribution in [1.82, 2.24) is 14.9 Å². The van der Waals surface area contributed by atoms with Crippen LogP contribution in [0.2, 0.25) is 0 Å². The number of nitrogens with one attached hydrogen (secondary N) is 1. The van der Waals surface area contributed by atoms with Crippen LogP contribution in [0.3, 0.4) is 0 Å². The van der Waals surface area contributed by atoms with Gasteiger partial charge in [-0.3, -0.25) is 4.79 Å². The first-order chi connectivity index (χ1) is 13.2. The Hall–Kier alpha value is -3.48. The van der Waals surface area contributed by atoms with Crippen molar-refractivity contribution in [1.29, 1.82) is 0 Å². The number of carbonyl (C=O) groups is 1. The molecular formula is C20H21N3O4. The van der Waals surface area contributed by atoms with Crippen LogP contribution in [0, 0.1) is 0 Å². The van der Waals surface area contributed by atoms with Crippen LogP contribution in [0.15, 0.2) is 55.1 Å². The molecule has 0 atom stereocenters. The predicted octanol–water partition coefficient (Wildman–Crippen LogP) is 2.83. The largest absolute Gasteiger partial charge is 0.493 e. The molecule has 1 aromatic heterocycles. The maximum Gasteiger partial charge on any atom is 0.251 e. The Morgan fingerprint density at radius 2 is 1.70 bits per heavy atom. The highest BCUT2D eigenvalue weighted by Gasteiger charge is 2.14. The fourth-order valence-corrected chi connectivity index (χ4v) is 2.72. The molecule has 1 heterocycles. The first-order valence-electron chi connectivity index (χ1n) is 8.31. The monoisotopic (exact) mass is 367 g/mol. The number of rotatable bonds is 7. The number of imidazole rings is 1. The van der Waals surface area contributed by atoms with Gasteiger partial charge in [-0.2, -0.15) is 0 Å². The molecule has 27 heavy (non-hydrogen) atoms. The number of hydrogen-bond donors (Lipinski definition) is 1. The molecule has 1 N–H and O–H groups in total. The number of methoxy groups -OCH3 is 3. The first kappa shape index (κ1) is 18.3. The molecule has 0 spiro atoms. The Bertz CT molecular complexity index is 880. The number of carbonyl (C=O) groups excluding carboxylic acids is 1. The first-order valence-corrected chi connectivity index (χ1v) is 8.31. The molecule has 0 fully saturated rings. The molecule has 0 bridgehead atoms. The van der Waals surface area contributed by atoms with Crippen molar-refractivity contribution in [2.75, 3.05) is 21.3 Å². The van der Waals surface area contributed by atoms with Crippen molar-refractivity contribution < 1.29 is 19.0 Å². The van der Waals surface area contributed by atoms with Gasteiger partial charge in [0, 0.05) is 30.2 Å². The standard InChI is InChI=1S/C20H21N3O4/c1-25-17-10-14(11-18(26-2)19(17)27-3)12-22-20(24)15-4-6-16(7-5-15)23-9-8-21-13-23/h4-11,13H,12H2,1-3H3,(H,22,24). The summed E-state index contributed by atoms with van der Waals surface area (Å²) in [4.78, 5) is 16.4. The summed E-state index contributed by atoms with van der Waals surface area (Å²) in [5, 5.41) is 2.90. The average molecular weight is 367 g/mol. The van der Waals surface area contributed by atoms with Crippen LogP contribution in [0.4, 0.5) is 0 Å². The Balaban J connectivity index is 1.70. The molecule has 3 aromatic rings. The van der Waals surface area contributed by atoms with E-state index in [1.54, 1.807) is 46.0 Å². The zero-order valence-electron chi connectivity index (χ0n) is 15.4. The molecule has 3 rings (SSSR count). The van der Waals surface area contributed by atoms with Crippen LogP contribution >= 0.6 is 0 Å². The highest BCUT2D eigenvalue weighted by molar-refractivity contribution is 5.94. The maximum absolute atomic E-state index is 12.4. The topological polar surface area (TPSA) is 74.6 Å². The smallest absolute Gasteiger partial charge is 0.251 e. The van der Waals surface area contributed by atoms with Crippen LogP contribution in [0.5, 0.6) is 17.2 Å². The van der Waals surface area contributed by atoms with Gasteiger partial charge in [-0.25, -0.2) is 4.98 Å². The second kappa shape index (κ2) is 8.27. The van der Waals surface area contributed by atoms with Gasteiger partial charge in [-0.05, 0) is 42.0 Å². The molecule has 140 valence electrons. The average Bonchev–Trinajstić information content (AvgIpc) is 3.26. The Morgan fingerprint density at radius 3 is 2.22 bits per heavy atom. The minimum Gasteiger partial charge on any atom is -0.493 e. The van der Waals surface area contributed by atoms with Gasteiger partial charge in [-0.1, -0.05) is 0 Å². The summed E-state index contributed by atoms with van der Waals surface area (Å²) < 4.78 is 17.8. The molecule has 2 aromatic carbocycles. The molecule has 7 heteroatoms. The van der Waals surface area contributed by atoms with E-state index in [-0.39, 0.29) is 5.91 Å². The van der Waals surface area contributed by atoms with Crippen LogP contribution < -0.4 is 19.5 Å². The van der Waals surface area contributed by atoms with Crippen LogP contribution in [-0.4, -0.2) is 36.8 Å². The summed E-state index contributed by atoms with van der Waals surface area (Å²) in [6, 6.07) is 10.9. The maximum atomic E-state index is 12.4. The van der Waals surface area contributed by atoms with Crippen molar-refractivity contribution >= 4 is 5.91 Å². The molecule has 0 aliphatic heterocycles. The van der Waals surface area contributed by atoms with Gasteiger partial charge in [0.2, 0.25) is 5.75 Å². The Morgan fingerprint density at radius 1 is 1.04 bits per heavy atom. The van der Waals surface area contributed by atoms with Crippen molar-refractivity contribution in [3.05, 3.63) is 66.2 Å². The van der Waals surface area contributed by atoms with Crippen molar-refractivity contribution in [2.24, 2.45) is 0 Å². The van der Waals surface area contributed by atoms with Crippen molar-refractivity contribution in [3.63, 3.8) is 0 Å². The fourth-order valence-electron chi connectivity index (χ4n) is 2.72. The minimum absolute atomic E-state index is 0.166. The van der Waals surface area contributed by atoms with E-state index in [0.29, 0.717) is 29.4 Å². The number of hydrogen-bond acceptors (Lipinski definition) is 5. The molecular weight excluding hydrogens is 346 g/mol. The van der Waals surface area contributed by atoms with Gasteiger partial charge in [0.05, 0.1) is 27.7 Å². The van der Waals surface area contributed by atoms with Gasteiger partial charge < -0.3 is 24.1 Å². The van der Waals surface area contributed by atoms with Crippen LogP contribution in [-0.2, 0) is 6.54 Å². The summed E-state index contributed by atoms with van der Waals surface area (Å²) in [6.07, 6.45) is 5.26. The van der Waals surface area contributed by atoms with E-state index in [2.05, 4.69) is 10.3 Å². The number of amides is 1. The number of nitrogens with zero attached hydrogens (tertiary/aromatic N) is 2. The lowest BCUT2D eigenvalue weighted by molar-refractivity contribution is 0.0951. The SMILES string of the molecule is COc1cc(CNC(=O)c2ccc(-n3ccnc3)cc2)cc(OC)c1OC. The van der Waals surface area contributed by atoms with E-state index in [0.717, 1.165) is 11.3 Å². The van der Waals surface area contributed by atoms with E-state index in [1.165, 1.54) is 0 Å². The highest BCUT2D eigenvalue weighted by Crippen LogP contribution is 2.38. The minimum atomic E-state index is -0.166. The zero-order chi connectivity index (χ0) is 19.2. The Labute approximate surface area is 157 Å². The zero-order valence-corrected chi connectivity index (χ0v) is 15.4. The highest BCUT2D eigenvalue weighted by atomic mass is 16.5. The quantitative estimate of drug-likeness (QED) is 0.695. The van der Waals surface area contributed by atoms with E-state index in [9.17, 15) is 4.79 Å². The van der Waals surface area contributed by atoms with Crippen LogP contribution in [0.25, 0.3) is 5.69 Å². The second-order valence-corrected chi connectivity index (χ2v) is 5.73. The summed E-state index contributed by atoms with van der Waals surface area (Å²) in [6.45, 7) is 0.332. The lowest BCUT2D eigenvalue weighted by Crippen LogP contribution is -2.22. The van der Waals surface area contributed by atoms with E-state index >= 15 is 0 Å². The lowest BCUT2D eigenvalue weighted by atomic mass is 10.1. The molecule has 1 amide bonds. The van der Waals surface area contributed by atoms with E-state index in [4.69, 9.17) is 14.2 Å². The molecule has 7 nitrogen and oxygen atoms in total. The Kier molecular flexibility index (Phi) is 5.61. The molecule has 0 aliphatic rings. The van der Waals surface area contributed by atoms with Gasteiger partial charge in [0.25, 0.3) is 5.91 Å². The number of aromatic nitrogens is 2. The van der Waals surface area contributed by atoms with Gasteiger partial charge >= 0.3 is 0 Å². The third-order valence-corrected chi connectivity index (χ3v) is 4.11. The molecule has 0 saturated heterocycles. The molecule has 0 aliphatic carbocycles. The summed E-state index contributed by atoms with van der Waals surface area (Å²) in [5.74, 6) is 1.45. The van der Waals surface area contributed by atoms with E-state index in [1.807, 2.05) is 35.0 Å². The van der Waals surface area contributed by atoms with Gasteiger partial charge in [0.1, 0.15) is 0 Å². The summed E-state index contributed by atoms with van der Waals surface area (Å²) in [5.41, 5.74) is 2.35. The molecule has 0 saturated carbocycles. The normalized spacial score (nSPS) is 10.3. The number of ether oxygens (including phenoxy) is 3. The number of benzene rings is 2. The summed E-state index contributed by atoms with van der Waals surface area (Å²) in [7, 11) is 4.66. The van der Waals surface area contributed by atoms with Gasteiger partial charge in [-0.15, -0.1) is 0 Å². The van der Waals surface area contributed by atoms with Gasteiger partial charge in [0.15, 0.2) is 11.5 Å². The molecule has 0 radical (unpaired) electrons. The summed E-state index contributed by atoms with van der Waals surface area (Å²) >= 11 is 0.